The standard InChI is InChI=1S/C15H25N3.C15H23N3.C9H12N2.C6H13NO.CH4.ClH.I2/c2*1-18(2)12-4-3-10-16-14-9-5-7-13-8-6-11-17-15(13)14;10-8-5-1-3-7-4-2-6-11-9(7)8;1-7(2)5-3-4-6-8;;;1-2/h6,8,11,14,16H,3-5,7,9-10,12H2,1-2H3;6,8,10-11,14H,3-5,7,9,12H2,1-2H3;2,4,6,8H,1,3,5,10H2;6H,3-5H2,1-2H3;1H4;1H;/t2*14-;8-;;;;/m000..../s1. The second-order valence-corrected chi connectivity index (χ2v) is 15.8. The quantitative estimate of drug-likeness (QED) is 0.0665. The number of carbonyl (C=O) groups excluding carboxylic acids is 1. The van der Waals surface area contributed by atoms with Gasteiger partial charge in [-0.25, -0.2) is 0 Å². The number of halogens is 3. The maximum atomic E-state index is 9.77. The van der Waals surface area contributed by atoms with Crippen LogP contribution in [0.2, 0.25) is 0 Å². The van der Waals surface area contributed by atoms with Crippen molar-refractivity contribution in [3.63, 3.8) is 0 Å². The molecular formula is C46H78ClI2N9O. The summed E-state index contributed by atoms with van der Waals surface area (Å²) in [4.78, 5) is 34.4. The summed E-state index contributed by atoms with van der Waals surface area (Å²) in [6.45, 7) is 4.43. The maximum Gasteiger partial charge on any atom is 0.120 e. The number of carbonyl (C=O) groups is 1. The van der Waals surface area contributed by atoms with Crippen molar-refractivity contribution < 1.29 is 4.79 Å². The van der Waals surface area contributed by atoms with E-state index < -0.39 is 0 Å². The van der Waals surface area contributed by atoms with Gasteiger partial charge in [0.05, 0.1) is 23.1 Å². The molecule has 6 rings (SSSR count). The van der Waals surface area contributed by atoms with Crippen LogP contribution >= 0.6 is 49.6 Å². The first kappa shape index (κ1) is 57.3. The summed E-state index contributed by atoms with van der Waals surface area (Å²) in [6.07, 6.45) is 25.8. The molecule has 3 aliphatic carbocycles. The number of nitrogens with zero attached hydrogens (tertiary/aromatic N) is 7. The van der Waals surface area contributed by atoms with Gasteiger partial charge in [0.2, 0.25) is 0 Å². The molecule has 3 N–H and O–H groups in total. The van der Waals surface area contributed by atoms with E-state index in [1.165, 1.54) is 86.0 Å². The number of aldehydes is 1. The highest BCUT2D eigenvalue weighted by Gasteiger charge is 2.21. The van der Waals surface area contributed by atoms with E-state index in [9.17, 15) is 4.79 Å². The Morgan fingerprint density at radius 3 is 1.73 bits per heavy atom. The van der Waals surface area contributed by atoms with Gasteiger partial charge in [-0.05, 0) is 199 Å². The third-order valence-electron chi connectivity index (χ3n) is 10.2. The number of aliphatic imine (C=N–C) groups is 1. The minimum Gasteiger partial charge on any atom is -0.323 e. The Kier molecular flexibility index (Phi) is 34.9. The van der Waals surface area contributed by atoms with E-state index >= 15 is 0 Å². The molecule has 10 nitrogen and oxygen atoms in total. The lowest BCUT2D eigenvalue weighted by Gasteiger charge is -2.25. The Balaban J connectivity index is 0.000000772. The molecule has 3 aliphatic rings. The van der Waals surface area contributed by atoms with Crippen molar-refractivity contribution in [2.75, 3.05) is 68.5 Å². The van der Waals surface area contributed by atoms with Gasteiger partial charge < -0.3 is 30.5 Å². The lowest BCUT2D eigenvalue weighted by atomic mass is 9.92. The maximum absolute atomic E-state index is 9.77. The number of hydrogen-bond acceptors (Lipinski definition) is 10. The molecule has 3 aromatic heterocycles. The Hall–Kier alpha value is -1.66. The van der Waals surface area contributed by atoms with E-state index in [1.54, 1.807) is 0 Å². The van der Waals surface area contributed by atoms with E-state index in [0.29, 0.717) is 18.5 Å². The number of pyridine rings is 3. The van der Waals surface area contributed by atoms with Gasteiger partial charge >= 0.3 is 0 Å². The van der Waals surface area contributed by atoms with Gasteiger partial charge in [-0.1, -0.05) is 25.6 Å². The van der Waals surface area contributed by atoms with Gasteiger partial charge in [0.15, 0.2) is 0 Å². The lowest BCUT2D eigenvalue weighted by Crippen LogP contribution is -2.27. The monoisotopic (exact) mass is 1060 g/mol. The largest absolute Gasteiger partial charge is 0.323 e. The van der Waals surface area contributed by atoms with Crippen LogP contribution in [0.3, 0.4) is 0 Å². The second-order valence-electron chi connectivity index (χ2n) is 15.8. The SMILES string of the molecule is C.CN(C)CCCC=N[C@H]1CCCc2cccnc21.CN(C)CCCC=O.CN(C)CCCCN[C@H]1CCCc2cccnc21.Cl.II.N[C@H]1CCCc2cccnc21. The molecular weight excluding hydrogens is 984 g/mol. The van der Waals surface area contributed by atoms with Crippen LogP contribution in [0, 0.1) is 0 Å². The minimum absolute atomic E-state index is 0. The predicted octanol–water partition coefficient (Wildman–Crippen LogP) is 10.0. The third kappa shape index (κ3) is 24.5. The van der Waals surface area contributed by atoms with Gasteiger partial charge in [0.25, 0.3) is 0 Å². The van der Waals surface area contributed by atoms with Gasteiger partial charge in [-0.3, -0.25) is 19.9 Å². The summed E-state index contributed by atoms with van der Waals surface area (Å²) in [6, 6.07) is 13.6. The van der Waals surface area contributed by atoms with Crippen molar-refractivity contribution >= 4 is 62.1 Å². The Morgan fingerprint density at radius 2 is 1.17 bits per heavy atom. The van der Waals surface area contributed by atoms with Crippen LogP contribution in [-0.2, 0) is 24.1 Å². The van der Waals surface area contributed by atoms with Gasteiger partial charge in [-0.15, -0.1) is 12.4 Å². The molecule has 334 valence electrons. The first-order valence-electron chi connectivity index (χ1n) is 21.0. The molecule has 0 saturated heterocycles. The van der Waals surface area contributed by atoms with Gasteiger partial charge in [0, 0.05) is 74.3 Å². The van der Waals surface area contributed by atoms with Crippen molar-refractivity contribution in [1.29, 1.82) is 0 Å². The molecule has 13 heteroatoms. The van der Waals surface area contributed by atoms with Crippen molar-refractivity contribution in [2.24, 2.45) is 10.7 Å². The average Bonchev–Trinajstić information content (AvgIpc) is 3.22. The second kappa shape index (κ2) is 35.9. The molecule has 0 radical (unpaired) electrons. The van der Waals surface area contributed by atoms with E-state index in [4.69, 9.17) is 10.7 Å². The summed E-state index contributed by atoms with van der Waals surface area (Å²) in [5.41, 5.74) is 13.7. The molecule has 3 aromatic rings. The lowest BCUT2D eigenvalue weighted by molar-refractivity contribution is -0.107. The first-order valence-corrected chi connectivity index (χ1v) is 27.3. The zero-order valence-electron chi connectivity index (χ0n) is 36.3. The zero-order chi connectivity index (χ0) is 41.7. The van der Waals surface area contributed by atoms with E-state index in [1.807, 2.05) is 44.8 Å². The van der Waals surface area contributed by atoms with Crippen molar-refractivity contribution in [1.82, 2.24) is 35.0 Å². The normalized spacial score (nSPS) is 17.4. The predicted molar refractivity (Wildman–Crippen MR) is 272 cm³/mol. The van der Waals surface area contributed by atoms with E-state index in [2.05, 4.69) is 131 Å². The van der Waals surface area contributed by atoms with Crippen LogP contribution < -0.4 is 11.1 Å². The number of rotatable bonds is 15. The number of aromatic nitrogens is 3. The van der Waals surface area contributed by atoms with Crippen LogP contribution in [0.5, 0.6) is 0 Å². The van der Waals surface area contributed by atoms with Crippen molar-refractivity contribution in [3.05, 3.63) is 88.8 Å². The molecule has 0 fully saturated rings. The molecule has 0 unspecified atom stereocenters. The number of nitrogens with one attached hydrogen (secondary N) is 1. The van der Waals surface area contributed by atoms with Crippen LogP contribution in [-0.4, -0.2) is 111 Å². The average molecular weight is 1060 g/mol. The van der Waals surface area contributed by atoms with Crippen molar-refractivity contribution in [2.45, 2.75) is 122 Å². The number of aryl methyl sites for hydroxylation is 3. The molecule has 0 spiro atoms. The van der Waals surface area contributed by atoms with Gasteiger partial charge in [0.1, 0.15) is 6.29 Å². The molecule has 0 aromatic carbocycles. The highest BCUT2D eigenvalue weighted by atomic mass is 128. The molecule has 3 heterocycles. The summed E-state index contributed by atoms with van der Waals surface area (Å²) in [7, 11) is 12.5. The first-order chi connectivity index (χ1) is 27.7. The highest BCUT2D eigenvalue weighted by molar-refractivity contribution is 15.0. The topological polar surface area (TPSA) is 116 Å². The zero-order valence-corrected chi connectivity index (χ0v) is 41.4. The molecule has 0 saturated carbocycles. The number of nitrogens with two attached hydrogens (primary N) is 1. The summed E-state index contributed by atoms with van der Waals surface area (Å²) in [5, 5.41) is 3.67. The Labute approximate surface area is 388 Å². The number of fused-ring (bicyclic) bond motifs is 3. The Morgan fingerprint density at radius 1 is 0.695 bits per heavy atom. The Bertz CT molecular complexity index is 1510. The summed E-state index contributed by atoms with van der Waals surface area (Å²) in [5.74, 6) is 0. The highest BCUT2D eigenvalue weighted by Crippen LogP contribution is 2.31. The summed E-state index contributed by atoms with van der Waals surface area (Å²) >= 11 is 4.24. The molecule has 0 bridgehead atoms. The fourth-order valence-corrected chi connectivity index (χ4v) is 7.20. The van der Waals surface area contributed by atoms with Gasteiger partial charge in [-0.2, -0.15) is 0 Å². The van der Waals surface area contributed by atoms with Crippen LogP contribution in [0.15, 0.2) is 60.0 Å². The van der Waals surface area contributed by atoms with E-state index in [-0.39, 0.29) is 25.9 Å². The number of hydrogen-bond donors (Lipinski definition) is 2. The molecule has 0 aliphatic heterocycles. The minimum atomic E-state index is 0. The molecule has 3 atom stereocenters. The van der Waals surface area contributed by atoms with Crippen LogP contribution in [0.25, 0.3) is 0 Å². The third-order valence-corrected chi connectivity index (χ3v) is 10.2. The smallest absolute Gasteiger partial charge is 0.120 e. The summed E-state index contributed by atoms with van der Waals surface area (Å²) < 4.78 is 0. The molecule has 59 heavy (non-hydrogen) atoms. The van der Waals surface area contributed by atoms with E-state index in [0.717, 1.165) is 70.1 Å². The van der Waals surface area contributed by atoms with Crippen LogP contribution in [0.4, 0.5) is 0 Å². The fourth-order valence-electron chi connectivity index (χ4n) is 7.20. The van der Waals surface area contributed by atoms with Crippen LogP contribution in [0.1, 0.15) is 136 Å². The number of unbranched alkanes of at least 4 members (excludes halogenated alkanes) is 3. The molecule has 0 amide bonds. The van der Waals surface area contributed by atoms with Crippen molar-refractivity contribution in [3.8, 4) is 0 Å². The fraction of sp³-hybridized carbons (Fsp3) is 0.630.